The Hall–Kier alpha value is -0.830. The van der Waals surface area contributed by atoms with Crippen LogP contribution in [-0.2, 0) is 13.5 Å². The fourth-order valence-electron chi connectivity index (χ4n) is 1.88. The van der Waals surface area contributed by atoms with Crippen molar-refractivity contribution in [2.45, 2.75) is 25.8 Å². The third kappa shape index (κ3) is 1.14. The average molecular weight is 165 g/mol. The molecule has 0 fully saturated rings. The van der Waals surface area contributed by atoms with E-state index in [0.29, 0.717) is 6.04 Å². The Balaban J connectivity index is 2.36. The van der Waals surface area contributed by atoms with Crippen molar-refractivity contribution in [1.82, 2.24) is 15.1 Å². The molecule has 1 aliphatic rings. The minimum atomic E-state index is 0.530. The Morgan fingerprint density at radius 1 is 1.75 bits per heavy atom. The maximum atomic E-state index is 4.43. The van der Waals surface area contributed by atoms with Crippen molar-refractivity contribution in [2.75, 3.05) is 6.54 Å². The van der Waals surface area contributed by atoms with E-state index in [0.717, 1.165) is 19.4 Å². The van der Waals surface area contributed by atoms with Crippen LogP contribution >= 0.6 is 0 Å². The molecule has 0 radical (unpaired) electrons. The van der Waals surface area contributed by atoms with Crippen LogP contribution in [0.3, 0.4) is 0 Å². The quantitative estimate of drug-likeness (QED) is 0.673. The van der Waals surface area contributed by atoms with Gasteiger partial charge in [0.15, 0.2) is 0 Å². The van der Waals surface area contributed by atoms with Gasteiger partial charge in [0.1, 0.15) is 0 Å². The van der Waals surface area contributed by atoms with Gasteiger partial charge in [-0.1, -0.05) is 6.92 Å². The van der Waals surface area contributed by atoms with Gasteiger partial charge >= 0.3 is 0 Å². The number of aryl methyl sites for hydroxylation is 1. The zero-order chi connectivity index (χ0) is 8.55. The first-order valence-corrected chi connectivity index (χ1v) is 4.57. The summed E-state index contributed by atoms with van der Waals surface area (Å²) in [6.07, 6.45) is 4.36. The summed E-state index contributed by atoms with van der Waals surface area (Å²) in [5.41, 5.74) is 2.68. The summed E-state index contributed by atoms with van der Waals surface area (Å²) in [4.78, 5) is 0. The Morgan fingerprint density at radius 3 is 3.33 bits per heavy atom. The zero-order valence-electron chi connectivity index (χ0n) is 7.67. The number of rotatable bonds is 1. The Kier molecular flexibility index (Phi) is 1.89. The molecule has 1 aliphatic heterocycles. The molecule has 0 aromatic carbocycles. The van der Waals surface area contributed by atoms with Gasteiger partial charge in [0.05, 0.1) is 5.69 Å². The summed E-state index contributed by atoms with van der Waals surface area (Å²) >= 11 is 0. The zero-order valence-corrected chi connectivity index (χ0v) is 7.67. The molecule has 0 saturated heterocycles. The lowest BCUT2D eigenvalue weighted by Crippen LogP contribution is -2.28. The van der Waals surface area contributed by atoms with E-state index < -0.39 is 0 Å². The van der Waals surface area contributed by atoms with Crippen LogP contribution < -0.4 is 5.32 Å². The monoisotopic (exact) mass is 165 g/mol. The van der Waals surface area contributed by atoms with E-state index in [1.54, 1.807) is 0 Å². The first kappa shape index (κ1) is 7.80. The number of nitrogens with zero attached hydrogens (tertiary/aromatic N) is 2. The molecule has 1 unspecified atom stereocenters. The summed E-state index contributed by atoms with van der Waals surface area (Å²) in [7, 11) is 1.99. The SMILES string of the molecule is CCC1NCCc2nn(C)cc21. The molecule has 0 amide bonds. The molecule has 2 heterocycles. The van der Waals surface area contributed by atoms with Gasteiger partial charge in [-0.3, -0.25) is 4.68 Å². The summed E-state index contributed by atoms with van der Waals surface area (Å²) in [6.45, 7) is 3.28. The highest BCUT2D eigenvalue weighted by Crippen LogP contribution is 2.23. The highest BCUT2D eigenvalue weighted by Gasteiger charge is 2.20. The van der Waals surface area contributed by atoms with E-state index in [4.69, 9.17) is 0 Å². The van der Waals surface area contributed by atoms with Crippen LogP contribution in [0, 0.1) is 0 Å². The molecule has 1 aromatic heterocycles. The van der Waals surface area contributed by atoms with Crippen molar-refractivity contribution in [2.24, 2.45) is 7.05 Å². The maximum absolute atomic E-state index is 4.43. The minimum absolute atomic E-state index is 0.530. The second-order valence-corrected chi connectivity index (χ2v) is 3.37. The van der Waals surface area contributed by atoms with Gasteiger partial charge in [0, 0.05) is 37.8 Å². The van der Waals surface area contributed by atoms with Gasteiger partial charge in [-0.05, 0) is 6.42 Å². The van der Waals surface area contributed by atoms with E-state index in [-0.39, 0.29) is 0 Å². The first-order chi connectivity index (χ1) is 5.81. The Labute approximate surface area is 72.8 Å². The highest BCUT2D eigenvalue weighted by molar-refractivity contribution is 5.24. The lowest BCUT2D eigenvalue weighted by molar-refractivity contribution is 0.490. The van der Waals surface area contributed by atoms with E-state index in [2.05, 4.69) is 23.5 Å². The Morgan fingerprint density at radius 2 is 2.58 bits per heavy atom. The number of hydrogen-bond acceptors (Lipinski definition) is 2. The molecule has 0 spiro atoms. The second kappa shape index (κ2) is 2.90. The van der Waals surface area contributed by atoms with Gasteiger partial charge < -0.3 is 5.32 Å². The summed E-state index contributed by atoms with van der Waals surface area (Å²) in [5.74, 6) is 0. The van der Waals surface area contributed by atoms with Crippen LogP contribution in [0.1, 0.15) is 30.6 Å². The molecular formula is C9H15N3. The normalized spacial score (nSPS) is 22.3. The summed E-state index contributed by atoms with van der Waals surface area (Å²) in [6, 6.07) is 0.530. The van der Waals surface area contributed by atoms with E-state index in [9.17, 15) is 0 Å². The van der Waals surface area contributed by atoms with Crippen LogP contribution in [0.25, 0.3) is 0 Å². The molecule has 1 aromatic rings. The molecule has 0 saturated carbocycles. The lowest BCUT2D eigenvalue weighted by Gasteiger charge is -2.21. The molecule has 0 aliphatic carbocycles. The van der Waals surface area contributed by atoms with Crippen LogP contribution in [-0.4, -0.2) is 16.3 Å². The molecule has 66 valence electrons. The van der Waals surface area contributed by atoms with Crippen LogP contribution in [0.15, 0.2) is 6.20 Å². The second-order valence-electron chi connectivity index (χ2n) is 3.37. The number of nitrogens with one attached hydrogen (secondary N) is 1. The maximum Gasteiger partial charge on any atom is 0.0684 e. The van der Waals surface area contributed by atoms with Gasteiger partial charge in [0.25, 0.3) is 0 Å². The van der Waals surface area contributed by atoms with Crippen molar-refractivity contribution in [3.63, 3.8) is 0 Å². The predicted octanol–water partition coefficient (Wildman–Crippen LogP) is 1.02. The van der Waals surface area contributed by atoms with Gasteiger partial charge in [-0.25, -0.2) is 0 Å². The van der Waals surface area contributed by atoms with E-state index >= 15 is 0 Å². The molecule has 3 heteroatoms. The van der Waals surface area contributed by atoms with E-state index in [1.807, 2.05) is 11.7 Å². The summed E-state index contributed by atoms with van der Waals surface area (Å²) in [5, 5.41) is 7.91. The fraction of sp³-hybridized carbons (Fsp3) is 0.667. The topological polar surface area (TPSA) is 29.9 Å². The van der Waals surface area contributed by atoms with Crippen LogP contribution in [0.2, 0.25) is 0 Å². The third-order valence-corrected chi connectivity index (χ3v) is 2.47. The van der Waals surface area contributed by atoms with Gasteiger partial charge in [-0.15, -0.1) is 0 Å². The minimum Gasteiger partial charge on any atom is -0.309 e. The number of aromatic nitrogens is 2. The molecule has 3 nitrogen and oxygen atoms in total. The molecule has 1 N–H and O–H groups in total. The number of fused-ring (bicyclic) bond motifs is 1. The fourth-order valence-corrected chi connectivity index (χ4v) is 1.88. The van der Waals surface area contributed by atoms with Crippen molar-refractivity contribution >= 4 is 0 Å². The standard InChI is InChI=1S/C9H15N3/c1-3-8-7-6-12(2)11-9(7)4-5-10-8/h6,8,10H,3-5H2,1-2H3. The molecule has 1 atom stereocenters. The van der Waals surface area contributed by atoms with Crippen molar-refractivity contribution in [3.05, 3.63) is 17.5 Å². The smallest absolute Gasteiger partial charge is 0.0684 e. The average Bonchev–Trinajstić information content (AvgIpc) is 2.44. The molecular weight excluding hydrogens is 150 g/mol. The van der Waals surface area contributed by atoms with E-state index in [1.165, 1.54) is 11.3 Å². The Bertz CT molecular complexity index is 277. The largest absolute Gasteiger partial charge is 0.309 e. The molecule has 2 rings (SSSR count). The first-order valence-electron chi connectivity index (χ1n) is 4.57. The summed E-state index contributed by atoms with van der Waals surface area (Å²) < 4.78 is 1.92. The number of hydrogen-bond donors (Lipinski definition) is 1. The third-order valence-electron chi connectivity index (χ3n) is 2.47. The lowest BCUT2D eigenvalue weighted by atomic mass is 10.00. The van der Waals surface area contributed by atoms with Crippen LogP contribution in [0.5, 0.6) is 0 Å². The van der Waals surface area contributed by atoms with Gasteiger partial charge in [0.2, 0.25) is 0 Å². The van der Waals surface area contributed by atoms with Crippen molar-refractivity contribution in [3.8, 4) is 0 Å². The van der Waals surface area contributed by atoms with Gasteiger partial charge in [-0.2, -0.15) is 5.10 Å². The highest BCUT2D eigenvalue weighted by atomic mass is 15.3. The van der Waals surface area contributed by atoms with Crippen molar-refractivity contribution in [1.29, 1.82) is 0 Å². The molecule has 0 bridgehead atoms. The van der Waals surface area contributed by atoms with Crippen LogP contribution in [0.4, 0.5) is 0 Å². The van der Waals surface area contributed by atoms with Crippen molar-refractivity contribution < 1.29 is 0 Å². The molecule has 12 heavy (non-hydrogen) atoms. The predicted molar refractivity (Wildman–Crippen MR) is 47.9 cm³/mol.